The Hall–Kier alpha value is -1.19. The third-order valence-corrected chi connectivity index (χ3v) is 5.83. The molecule has 1 aliphatic heterocycles. The fraction of sp³-hybridized carbons (Fsp3) is 0.500. The van der Waals surface area contributed by atoms with E-state index in [-0.39, 0.29) is 30.5 Å². The lowest BCUT2D eigenvalue weighted by Gasteiger charge is -2.35. The first kappa shape index (κ1) is 18.2. The Balaban J connectivity index is 2.01. The highest BCUT2D eigenvalue weighted by Crippen LogP contribution is 2.20. The molecule has 9 heteroatoms. The van der Waals surface area contributed by atoms with Gasteiger partial charge in [0.05, 0.1) is 11.5 Å². The van der Waals surface area contributed by atoms with Crippen LogP contribution in [0, 0.1) is 0 Å². The fourth-order valence-electron chi connectivity index (χ4n) is 2.39. The minimum atomic E-state index is -3.58. The molecule has 23 heavy (non-hydrogen) atoms. The Labute approximate surface area is 141 Å². The summed E-state index contributed by atoms with van der Waals surface area (Å²) in [4.78, 5) is 13.8. The lowest BCUT2D eigenvalue weighted by atomic mass is 10.2. The van der Waals surface area contributed by atoms with Crippen molar-refractivity contribution >= 4 is 27.5 Å². The van der Waals surface area contributed by atoms with Gasteiger partial charge in [-0.25, -0.2) is 8.42 Å². The van der Waals surface area contributed by atoms with Crippen LogP contribution in [0.4, 0.5) is 0 Å². The molecule has 1 fully saturated rings. The van der Waals surface area contributed by atoms with E-state index in [4.69, 9.17) is 22.1 Å². The van der Waals surface area contributed by atoms with E-state index in [9.17, 15) is 13.2 Å². The zero-order valence-electron chi connectivity index (χ0n) is 12.8. The molecule has 1 amide bonds. The van der Waals surface area contributed by atoms with Crippen LogP contribution >= 0.6 is 11.6 Å². The molecule has 2 rings (SSSR count). The zero-order valence-corrected chi connectivity index (χ0v) is 14.4. The molecule has 0 bridgehead atoms. The van der Waals surface area contributed by atoms with Gasteiger partial charge in [0.25, 0.3) is 0 Å². The predicted molar refractivity (Wildman–Crippen MR) is 86.6 cm³/mol. The van der Waals surface area contributed by atoms with Crippen molar-refractivity contribution in [3.63, 3.8) is 0 Å². The largest absolute Gasteiger partial charge is 0.383 e. The first-order valence-corrected chi connectivity index (χ1v) is 8.97. The summed E-state index contributed by atoms with van der Waals surface area (Å²) in [6, 6.07) is 5.31. The maximum absolute atomic E-state index is 12.5. The van der Waals surface area contributed by atoms with E-state index < -0.39 is 16.1 Å². The monoisotopic (exact) mass is 361 g/mol. The van der Waals surface area contributed by atoms with Crippen LogP contribution in [0.25, 0.3) is 0 Å². The highest BCUT2D eigenvalue weighted by molar-refractivity contribution is 7.89. The van der Waals surface area contributed by atoms with Crippen molar-refractivity contribution in [3.8, 4) is 0 Å². The van der Waals surface area contributed by atoms with Gasteiger partial charge in [-0.1, -0.05) is 11.6 Å². The molecule has 1 heterocycles. The van der Waals surface area contributed by atoms with Crippen LogP contribution in [0.1, 0.15) is 0 Å². The van der Waals surface area contributed by atoms with E-state index in [0.717, 1.165) is 0 Å². The van der Waals surface area contributed by atoms with Crippen molar-refractivity contribution in [1.29, 1.82) is 0 Å². The number of piperazine rings is 1. The summed E-state index contributed by atoms with van der Waals surface area (Å²) in [5.41, 5.74) is 5.72. The SMILES string of the molecule is COCC(N)C(=O)N1CCN(S(=O)(=O)c2ccc(Cl)cc2)CC1. The van der Waals surface area contributed by atoms with E-state index in [1.807, 2.05) is 0 Å². The number of nitrogens with zero attached hydrogens (tertiary/aromatic N) is 2. The number of ether oxygens (including phenoxy) is 1. The Morgan fingerprint density at radius 1 is 1.26 bits per heavy atom. The molecule has 0 aliphatic carbocycles. The van der Waals surface area contributed by atoms with Crippen LogP contribution in [0.2, 0.25) is 5.02 Å². The number of nitrogens with two attached hydrogens (primary N) is 1. The van der Waals surface area contributed by atoms with Gasteiger partial charge in [-0.3, -0.25) is 4.79 Å². The first-order chi connectivity index (χ1) is 10.9. The normalized spacial score (nSPS) is 18.0. The van der Waals surface area contributed by atoms with Gasteiger partial charge in [-0.15, -0.1) is 0 Å². The number of amides is 1. The smallest absolute Gasteiger partial charge is 0.243 e. The van der Waals surface area contributed by atoms with Crippen molar-refractivity contribution in [2.75, 3.05) is 39.9 Å². The summed E-state index contributed by atoms with van der Waals surface area (Å²) in [7, 11) is -2.10. The van der Waals surface area contributed by atoms with E-state index >= 15 is 0 Å². The number of sulfonamides is 1. The van der Waals surface area contributed by atoms with Crippen LogP contribution in [-0.4, -0.2) is 69.5 Å². The highest BCUT2D eigenvalue weighted by Gasteiger charge is 2.31. The number of benzene rings is 1. The molecule has 1 aromatic carbocycles. The molecule has 1 unspecified atom stereocenters. The molecule has 1 aliphatic rings. The van der Waals surface area contributed by atoms with Gasteiger partial charge in [0.2, 0.25) is 15.9 Å². The molecular formula is C14H20ClN3O4S. The molecule has 1 aromatic rings. The predicted octanol–water partition coefficient (Wildman–Crippen LogP) is 0.147. The topological polar surface area (TPSA) is 92.9 Å². The number of hydrogen-bond donors (Lipinski definition) is 1. The highest BCUT2D eigenvalue weighted by atomic mass is 35.5. The van der Waals surface area contributed by atoms with Gasteiger partial charge in [0.15, 0.2) is 0 Å². The summed E-state index contributed by atoms with van der Waals surface area (Å²) in [6.45, 7) is 1.22. The number of rotatable bonds is 5. The summed E-state index contributed by atoms with van der Waals surface area (Å²) in [5, 5.41) is 0.478. The molecule has 1 atom stereocenters. The van der Waals surface area contributed by atoms with Crippen LogP contribution in [-0.2, 0) is 19.6 Å². The van der Waals surface area contributed by atoms with Crippen molar-refractivity contribution in [2.24, 2.45) is 5.73 Å². The third-order valence-electron chi connectivity index (χ3n) is 3.67. The third kappa shape index (κ3) is 4.21. The summed E-state index contributed by atoms with van der Waals surface area (Å²) >= 11 is 5.78. The van der Waals surface area contributed by atoms with E-state index in [1.54, 1.807) is 4.90 Å². The molecule has 0 aromatic heterocycles. The van der Waals surface area contributed by atoms with Crippen molar-refractivity contribution in [1.82, 2.24) is 9.21 Å². The molecule has 2 N–H and O–H groups in total. The molecule has 1 saturated heterocycles. The number of hydrogen-bond acceptors (Lipinski definition) is 5. The number of carbonyl (C=O) groups is 1. The van der Waals surface area contributed by atoms with E-state index in [0.29, 0.717) is 18.1 Å². The summed E-state index contributed by atoms with van der Waals surface area (Å²) in [5.74, 6) is -0.226. The second-order valence-electron chi connectivity index (χ2n) is 5.25. The van der Waals surface area contributed by atoms with Crippen LogP contribution in [0.3, 0.4) is 0 Å². The standard InChI is InChI=1S/C14H20ClN3O4S/c1-22-10-13(16)14(19)17-6-8-18(9-7-17)23(20,21)12-4-2-11(15)3-5-12/h2-5,13H,6-10,16H2,1H3. The van der Waals surface area contributed by atoms with Crippen LogP contribution < -0.4 is 5.73 Å². The average molecular weight is 362 g/mol. The number of carbonyl (C=O) groups excluding carboxylic acids is 1. The zero-order chi connectivity index (χ0) is 17.0. The van der Waals surface area contributed by atoms with Gasteiger partial charge >= 0.3 is 0 Å². The van der Waals surface area contributed by atoms with Crippen molar-refractivity contribution in [3.05, 3.63) is 29.3 Å². The quantitative estimate of drug-likeness (QED) is 0.805. The molecule has 0 saturated carbocycles. The lowest BCUT2D eigenvalue weighted by Crippen LogP contribution is -2.55. The van der Waals surface area contributed by atoms with Gasteiger partial charge < -0.3 is 15.4 Å². The molecule has 7 nitrogen and oxygen atoms in total. The van der Waals surface area contributed by atoms with Gasteiger partial charge in [-0.2, -0.15) is 4.31 Å². The molecule has 0 spiro atoms. The van der Waals surface area contributed by atoms with Gasteiger partial charge in [0, 0.05) is 38.3 Å². The maximum Gasteiger partial charge on any atom is 0.243 e. The molecular weight excluding hydrogens is 342 g/mol. The van der Waals surface area contributed by atoms with Crippen LogP contribution in [0.15, 0.2) is 29.2 Å². The Morgan fingerprint density at radius 3 is 2.35 bits per heavy atom. The Kier molecular flexibility index (Phi) is 5.99. The molecule has 128 valence electrons. The number of methoxy groups -OCH3 is 1. The van der Waals surface area contributed by atoms with Gasteiger partial charge in [-0.05, 0) is 24.3 Å². The fourth-order valence-corrected chi connectivity index (χ4v) is 3.94. The average Bonchev–Trinajstić information content (AvgIpc) is 2.55. The summed E-state index contributed by atoms with van der Waals surface area (Å²) < 4.78 is 31.3. The lowest BCUT2D eigenvalue weighted by molar-refractivity contribution is -0.134. The van der Waals surface area contributed by atoms with E-state index in [1.165, 1.54) is 35.7 Å². The van der Waals surface area contributed by atoms with Gasteiger partial charge in [0.1, 0.15) is 6.04 Å². The minimum Gasteiger partial charge on any atom is -0.383 e. The second-order valence-corrected chi connectivity index (χ2v) is 7.62. The Morgan fingerprint density at radius 2 is 1.83 bits per heavy atom. The summed E-state index contributed by atoms with van der Waals surface area (Å²) in [6.07, 6.45) is 0. The minimum absolute atomic E-state index is 0.141. The van der Waals surface area contributed by atoms with E-state index in [2.05, 4.69) is 0 Å². The maximum atomic E-state index is 12.5. The molecule has 0 radical (unpaired) electrons. The number of halogens is 1. The first-order valence-electron chi connectivity index (χ1n) is 7.15. The van der Waals surface area contributed by atoms with Crippen molar-refractivity contribution in [2.45, 2.75) is 10.9 Å². The second kappa shape index (κ2) is 7.59. The Bertz CT molecular complexity index is 642. The van der Waals surface area contributed by atoms with Crippen LogP contribution in [0.5, 0.6) is 0 Å². The van der Waals surface area contributed by atoms with Crippen molar-refractivity contribution < 1.29 is 17.9 Å².